The van der Waals surface area contributed by atoms with Crippen LogP contribution in [0.5, 0.6) is 11.6 Å². The summed E-state index contributed by atoms with van der Waals surface area (Å²) in [5.74, 6) is 0.737. The predicted octanol–water partition coefficient (Wildman–Crippen LogP) is 4.49. The highest BCUT2D eigenvalue weighted by molar-refractivity contribution is 5.84. The molecule has 0 bridgehead atoms. The summed E-state index contributed by atoms with van der Waals surface area (Å²) in [4.78, 5) is 15.9. The number of benzene rings is 2. The molecule has 6 nitrogen and oxygen atoms in total. The minimum Gasteiger partial charge on any atom is -0.444 e. The van der Waals surface area contributed by atoms with Crippen molar-refractivity contribution in [2.45, 2.75) is 6.61 Å². The van der Waals surface area contributed by atoms with E-state index in [9.17, 15) is 4.79 Å². The number of nitrogens with zero attached hydrogens (tertiary/aromatic N) is 2. The van der Waals surface area contributed by atoms with Gasteiger partial charge >= 0.3 is 6.09 Å². The molecule has 0 atom stereocenters. The Morgan fingerprint density at radius 3 is 2.54 bits per heavy atom. The second-order valence-electron chi connectivity index (χ2n) is 5.28. The predicted molar refractivity (Wildman–Crippen MR) is 95.7 cm³/mol. The highest BCUT2D eigenvalue weighted by atomic mass is 16.5. The largest absolute Gasteiger partial charge is 0.444 e. The summed E-state index contributed by atoms with van der Waals surface area (Å²) >= 11 is 0. The number of aromatic nitrogens is 1. The van der Waals surface area contributed by atoms with Crippen LogP contribution in [0.15, 0.2) is 72.9 Å². The fraction of sp³-hybridized carbons (Fsp3) is 0.0500. The molecule has 6 heteroatoms. The van der Waals surface area contributed by atoms with Gasteiger partial charge in [0, 0.05) is 6.07 Å². The lowest BCUT2D eigenvalue weighted by Crippen LogP contribution is -2.13. The number of para-hydroxylation sites is 1. The molecule has 0 saturated heterocycles. The van der Waals surface area contributed by atoms with Crippen LogP contribution in [0.4, 0.5) is 10.5 Å². The molecule has 0 aliphatic carbocycles. The van der Waals surface area contributed by atoms with E-state index in [1.54, 1.807) is 36.4 Å². The number of hydrogen-bond donors (Lipinski definition) is 1. The Bertz CT molecular complexity index is 919. The average Bonchev–Trinajstić information content (AvgIpc) is 2.69. The molecule has 0 fully saturated rings. The van der Waals surface area contributed by atoms with Crippen molar-refractivity contribution in [3.8, 4) is 17.7 Å². The molecule has 0 spiro atoms. The number of carbonyl (C=O) groups excluding carboxylic acids is 1. The van der Waals surface area contributed by atoms with Gasteiger partial charge in [-0.25, -0.2) is 9.78 Å². The van der Waals surface area contributed by atoms with Crippen molar-refractivity contribution in [2.24, 2.45) is 0 Å². The van der Waals surface area contributed by atoms with Crippen LogP contribution in [0.1, 0.15) is 11.1 Å². The number of anilines is 1. The van der Waals surface area contributed by atoms with Crippen molar-refractivity contribution < 1.29 is 14.3 Å². The molecular weight excluding hydrogens is 330 g/mol. The van der Waals surface area contributed by atoms with Crippen molar-refractivity contribution >= 4 is 11.8 Å². The summed E-state index contributed by atoms with van der Waals surface area (Å²) < 4.78 is 10.7. The molecule has 0 unspecified atom stereocenters. The van der Waals surface area contributed by atoms with Gasteiger partial charge in [0.2, 0.25) is 5.88 Å². The van der Waals surface area contributed by atoms with Gasteiger partial charge in [-0.2, -0.15) is 5.26 Å². The monoisotopic (exact) mass is 345 g/mol. The molecule has 1 N–H and O–H groups in total. The molecule has 1 amide bonds. The number of nitriles is 1. The molecular formula is C20H15N3O3. The smallest absolute Gasteiger partial charge is 0.412 e. The average molecular weight is 345 g/mol. The van der Waals surface area contributed by atoms with Crippen molar-refractivity contribution in [3.63, 3.8) is 0 Å². The molecule has 26 heavy (non-hydrogen) atoms. The first-order chi connectivity index (χ1) is 12.7. The minimum absolute atomic E-state index is 0.187. The fourth-order valence-electron chi connectivity index (χ4n) is 2.15. The number of pyridine rings is 1. The first-order valence-corrected chi connectivity index (χ1v) is 7.85. The maximum atomic E-state index is 11.8. The van der Waals surface area contributed by atoms with E-state index in [2.05, 4.69) is 16.4 Å². The zero-order valence-corrected chi connectivity index (χ0v) is 13.8. The number of amides is 1. The van der Waals surface area contributed by atoms with Gasteiger partial charge in [0.1, 0.15) is 18.4 Å². The van der Waals surface area contributed by atoms with Gasteiger partial charge in [-0.05, 0) is 23.8 Å². The highest BCUT2D eigenvalue weighted by Crippen LogP contribution is 2.23. The van der Waals surface area contributed by atoms with Crippen molar-refractivity contribution in [1.29, 1.82) is 5.26 Å². The first-order valence-electron chi connectivity index (χ1n) is 7.85. The SMILES string of the molecule is N#Cc1ccccc1Oc1ccc(NC(=O)OCc2ccccc2)cn1. The number of rotatable bonds is 5. The molecule has 128 valence electrons. The van der Waals surface area contributed by atoms with E-state index in [-0.39, 0.29) is 6.61 Å². The topological polar surface area (TPSA) is 84.2 Å². The molecule has 0 aliphatic heterocycles. The van der Waals surface area contributed by atoms with Gasteiger partial charge in [0.15, 0.2) is 0 Å². The summed E-state index contributed by atoms with van der Waals surface area (Å²) in [5.41, 5.74) is 1.80. The number of hydrogen-bond acceptors (Lipinski definition) is 5. The molecule has 0 radical (unpaired) electrons. The van der Waals surface area contributed by atoms with E-state index >= 15 is 0 Å². The van der Waals surface area contributed by atoms with Crippen LogP contribution in [-0.4, -0.2) is 11.1 Å². The Labute approximate surface area is 150 Å². The summed E-state index contributed by atoms with van der Waals surface area (Å²) in [6, 6.07) is 21.6. The Balaban J connectivity index is 1.56. The van der Waals surface area contributed by atoms with Gasteiger partial charge in [-0.15, -0.1) is 0 Å². The number of nitrogens with one attached hydrogen (secondary N) is 1. The first kappa shape index (κ1) is 17.0. The van der Waals surface area contributed by atoms with Gasteiger partial charge in [-0.1, -0.05) is 42.5 Å². The Morgan fingerprint density at radius 2 is 1.81 bits per heavy atom. The van der Waals surface area contributed by atoms with Crippen LogP contribution >= 0.6 is 0 Å². The van der Waals surface area contributed by atoms with Gasteiger partial charge in [0.25, 0.3) is 0 Å². The maximum Gasteiger partial charge on any atom is 0.412 e. The summed E-state index contributed by atoms with van der Waals surface area (Å²) in [7, 11) is 0. The van der Waals surface area contributed by atoms with Crippen molar-refractivity contribution in [3.05, 3.63) is 84.1 Å². The second-order valence-corrected chi connectivity index (χ2v) is 5.28. The van der Waals surface area contributed by atoms with Crippen molar-refractivity contribution in [2.75, 3.05) is 5.32 Å². The normalized spacial score (nSPS) is 9.81. The minimum atomic E-state index is -0.570. The summed E-state index contributed by atoms with van der Waals surface area (Å²) in [6.07, 6.45) is 0.882. The number of carbonyl (C=O) groups is 1. The second kappa shape index (κ2) is 8.31. The van der Waals surface area contributed by atoms with Crippen LogP contribution in [0.3, 0.4) is 0 Å². The van der Waals surface area contributed by atoms with E-state index in [1.165, 1.54) is 6.20 Å². The third-order valence-electron chi connectivity index (χ3n) is 3.42. The standard InChI is InChI=1S/C20H15N3O3/c21-12-16-8-4-5-9-18(16)26-19-11-10-17(13-22-19)23-20(24)25-14-15-6-2-1-3-7-15/h1-11,13H,14H2,(H,23,24). The molecule has 2 aromatic carbocycles. The Hall–Kier alpha value is -3.85. The molecule has 1 aromatic heterocycles. The van der Waals surface area contributed by atoms with Crippen LogP contribution in [0.2, 0.25) is 0 Å². The molecule has 0 saturated carbocycles. The third-order valence-corrected chi connectivity index (χ3v) is 3.42. The third kappa shape index (κ3) is 4.58. The highest BCUT2D eigenvalue weighted by Gasteiger charge is 2.07. The molecule has 3 rings (SSSR count). The van der Waals surface area contributed by atoms with E-state index < -0.39 is 6.09 Å². The van der Waals surface area contributed by atoms with Crippen LogP contribution in [0, 0.1) is 11.3 Å². The Morgan fingerprint density at radius 1 is 1.04 bits per heavy atom. The zero-order valence-electron chi connectivity index (χ0n) is 13.8. The quantitative estimate of drug-likeness (QED) is 0.736. The lowest BCUT2D eigenvalue weighted by Gasteiger charge is -2.08. The maximum absolute atomic E-state index is 11.8. The Kier molecular flexibility index (Phi) is 5.43. The van der Waals surface area contributed by atoms with E-state index in [4.69, 9.17) is 14.7 Å². The fourth-order valence-corrected chi connectivity index (χ4v) is 2.15. The molecule has 3 aromatic rings. The number of ether oxygens (including phenoxy) is 2. The van der Waals surface area contributed by atoms with E-state index in [1.807, 2.05) is 30.3 Å². The zero-order chi connectivity index (χ0) is 18.2. The lowest BCUT2D eigenvalue weighted by atomic mass is 10.2. The van der Waals surface area contributed by atoms with Crippen LogP contribution in [-0.2, 0) is 11.3 Å². The van der Waals surface area contributed by atoms with Crippen LogP contribution in [0.25, 0.3) is 0 Å². The van der Waals surface area contributed by atoms with Crippen molar-refractivity contribution in [1.82, 2.24) is 4.98 Å². The van der Waals surface area contributed by atoms with Gasteiger partial charge in [-0.3, -0.25) is 5.32 Å². The van der Waals surface area contributed by atoms with Crippen LogP contribution < -0.4 is 10.1 Å². The molecule has 0 aliphatic rings. The lowest BCUT2D eigenvalue weighted by molar-refractivity contribution is 0.155. The van der Waals surface area contributed by atoms with E-state index in [0.717, 1.165) is 5.56 Å². The van der Waals surface area contributed by atoms with E-state index in [0.29, 0.717) is 22.9 Å². The summed E-state index contributed by atoms with van der Waals surface area (Å²) in [6.45, 7) is 0.187. The molecule has 1 heterocycles. The van der Waals surface area contributed by atoms with Gasteiger partial charge < -0.3 is 9.47 Å². The summed E-state index contributed by atoms with van der Waals surface area (Å²) in [5, 5.41) is 11.7. The van der Waals surface area contributed by atoms with Gasteiger partial charge in [0.05, 0.1) is 17.4 Å².